The van der Waals surface area contributed by atoms with E-state index in [4.69, 9.17) is 19.3 Å². The average molecular weight is 436 g/mol. The highest BCUT2D eigenvalue weighted by Crippen LogP contribution is 2.35. The van der Waals surface area contributed by atoms with Crippen LogP contribution in [-0.2, 0) is 17.9 Å². The summed E-state index contributed by atoms with van der Waals surface area (Å²) >= 11 is 0. The van der Waals surface area contributed by atoms with Crippen molar-refractivity contribution in [3.8, 4) is 28.4 Å². The van der Waals surface area contributed by atoms with E-state index >= 15 is 0 Å². The van der Waals surface area contributed by atoms with Crippen LogP contribution in [0.2, 0.25) is 0 Å². The fourth-order valence-corrected chi connectivity index (χ4v) is 3.69. The van der Waals surface area contributed by atoms with Gasteiger partial charge in [-0.05, 0) is 36.2 Å². The fraction of sp³-hybridized carbons (Fsp3) is 0.269. The van der Waals surface area contributed by atoms with Gasteiger partial charge in [-0.2, -0.15) is 0 Å². The third-order valence-corrected chi connectivity index (χ3v) is 5.34. The van der Waals surface area contributed by atoms with Crippen LogP contribution in [0.25, 0.3) is 11.1 Å². The van der Waals surface area contributed by atoms with Crippen LogP contribution in [0.1, 0.15) is 16.7 Å². The zero-order valence-electron chi connectivity index (χ0n) is 18.9. The van der Waals surface area contributed by atoms with E-state index in [2.05, 4.69) is 31.2 Å². The van der Waals surface area contributed by atoms with Gasteiger partial charge in [0.25, 0.3) is 0 Å². The molecule has 0 radical (unpaired) electrons. The number of rotatable bonds is 10. The molecule has 32 heavy (non-hydrogen) atoms. The quantitative estimate of drug-likeness (QED) is 0.495. The minimum Gasteiger partial charge on any atom is -0.496 e. The average Bonchev–Trinajstić information content (AvgIpc) is 2.78. The number of hydrogen-bond acceptors (Lipinski definition) is 5. The molecule has 0 fully saturated rings. The normalized spacial score (nSPS) is 10.8. The van der Waals surface area contributed by atoms with Crippen LogP contribution >= 0.6 is 0 Å². The summed E-state index contributed by atoms with van der Waals surface area (Å²) in [6.45, 7) is 2.79. The highest BCUT2D eigenvalue weighted by Gasteiger charge is 2.17. The van der Waals surface area contributed by atoms with Crippen LogP contribution in [0.5, 0.6) is 17.2 Å². The fourth-order valence-electron chi connectivity index (χ4n) is 3.69. The molecule has 0 aliphatic heterocycles. The van der Waals surface area contributed by atoms with E-state index in [-0.39, 0.29) is 6.54 Å². The van der Waals surface area contributed by atoms with Crippen molar-refractivity contribution in [1.82, 2.24) is 4.90 Å². The molecule has 0 saturated carbocycles. The van der Waals surface area contributed by atoms with Gasteiger partial charge in [-0.3, -0.25) is 9.69 Å². The van der Waals surface area contributed by atoms with Gasteiger partial charge in [-0.25, -0.2) is 0 Å². The molecule has 0 aliphatic carbocycles. The van der Waals surface area contributed by atoms with Gasteiger partial charge in [0.15, 0.2) is 0 Å². The van der Waals surface area contributed by atoms with Crippen LogP contribution < -0.4 is 14.2 Å². The van der Waals surface area contributed by atoms with E-state index in [9.17, 15) is 4.79 Å². The van der Waals surface area contributed by atoms with Gasteiger partial charge in [0, 0.05) is 18.7 Å². The molecule has 1 N–H and O–H groups in total. The Labute approximate surface area is 189 Å². The number of benzene rings is 3. The Morgan fingerprint density at radius 2 is 1.62 bits per heavy atom. The van der Waals surface area contributed by atoms with Crippen molar-refractivity contribution in [3.63, 3.8) is 0 Å². The molecule has 0 aliphatic rings. The molecule has 0 heterocycles. The van der Waals surface area contributed by atoms with Crippen LogP contribution in [0.4, 0.5) is 0 Å². The maximum Gasteiger partial charge on any atom is 0.317 e. The first-order chi connectivity index (χ1) is 15.4. The summed E-state index contributed by atoms with van der Waals surface area (Å²) in [4.78, 5) is 12.7. The number of methoxy groups -OCH3 is 2. The minimum atomic E-state index is -0.890. The van der Waals surface area contributed by atoms with Crippen LogP contribution in [-0.4, -0.2) is 43.8 Å². The number of carboxylic acid groups (broad SMARTS) is 1. The van der Waals surface area contributed by atoms with Crippen LogP contribution in [0, 0.1) is 6.92 Å². The first-order valence-corrected chi connectivity index (χ1v) is 10.3. The Kier molecular flexibility index (Phi) is 7.73. The lowest BCUT2D eigenvalue weighted by atomic mass is 9.97. The lowest BCUT2D eigenvalue weighted by Crippen LogP contribution is -2.25. The maximum absolute atomic E-state index is 11.0. The second-order valence-corrected chi connectivity index (χ2v) is 7.62. The van der Waals surface area contributed by atoms with Crippen molar-refractivity contribution < 1.29 is 24.1 Å². The number of hydrogen-bond donors (Lipinski definition) is 1. The van der Waals surface area contributed by atoms with E-state index in [0.717, 1.165) is 11.1 Å². The Bertz CT molecular complexity index is 1040. The largest absolute Gasteiger partial charge is 0.496 e. The van der Waals surface area contributed by atoms with Crippen molar-refractivity contribution in [1.29, 1.82) is 0 Å². The highest BCUT2D eigenvalue weighted by atomic mass is 16.5. The second kappa shape index (κ2) is 10.7. The number of ether oxygens (including phenoxy) is 3. The number of carbonyl (C=O) groups is 1. The molecule has 3 rings (SSSR count). The van der Waals surface area contributed by atoms with E-state index in [1.165, 1.54) is 16.7 Å². The molecule has 0 saturated heterocycles. The van der Waals surface area contributed by atoms with E-state index in [1.54, 1.807) is 26.2 Å². The second-order valence-electron chi connectivity index (χ2n) is 7.62. The predicted octanol–water partition coefficient (Wildman–Crippen LogP) is 4.77. The maximum atomic E-state index is 11.0. The number of aliphatic carboxylic acids is 1. The summed E-state index contributed by atoms with van der Waals surface area (Å²) in [5.74, 6) is 0.907. The third kappa shape index (κ3) is 5.59. The van der Waals surface area contributed by atoms with Crippen molar-refractivity contribution in [3.05, 3.63) is 77.4 Å². The Hall–Kier alpha value is -3.51. The number of carboxylic acids is 1. The van der Waals surface area contributed by atoms with Crippen molar-refractivity contribution >= 4 is 5.97 Å². The van der Waals surface area contributed by atoms with E-state index < -0.39 is 5.97 Å². The van der Waals surface area contributed by atoms with Gasteiger partial charge in [0.05, 0.1) is 26.3 Å². The molecule has 0 aromatic heterocycles. The molecule has 6 heteroatoms. The first kappa shape index (κ1) is 23.2. The summed E-state index contributed by atoms with van der Waals surface area (Å²) < 4.78 is 17.2. The number of nitrogens with zero attached hydrogens (tertiary/aromatic N) is 1. The Balaban J connectivity index is 1.82. The SMILES string of the molecule is COc1cc(OCc2cccc(-c3ccccc3)c2C)cc(OC)c1CN(C)CC(=O)O. The molecular weight excluding hydrogens is 406 g/mol. The molecule has 0 amide bonds. The highest BCUT2D eigenvalue weighted by molar-refractivity contribution is 5.69. The van der Waals surface area contributed by atoms with Crippen molar-refractivity contribution in [2.45, 2.75) is 20.1 Å². The monoisotopic (exact) mass is 435 g/mol. The molecule has 0 spiro atoms. The smallest absolute Gasteiger partial charge is 0.317 e. The molecule has 0 unspecified atom stereocenters. The molecule has 3 aromatic carbocycles. The number of likely N-dealkylation sites (N-methyl/N-ethyl adjacent to an activating group) is 1. The lowest BCUT2D eigenvalue weighted by Gasteiger charge is -2.20. The Morgan fingerprint density at radius 3 is 2.22 bits per heavy atom. The zero-order valence-corrected chi connectivity index (χ0v) is 18.9. The van der Waals surface area contributed by atoms with Crippen LogP contribution in [0.3, 0.4) is 0 Å². The van der Waals surface area contributed by atoms with Crippen molar-refractivity contribution in [2.75, 3.05) is 27.8 Å². The van der Waals surface area contributed by atoms with Gasteiger partial charge in [0.1, 0.15) is 23.9 Å². The Morgan fingerprint density at radius 1 is 0.969 bits per heavy atom. The first-order valence-electron chi connectivity index (χ1n) is 10.3. The van der Waals surface area contributed by atoms with Gasteiger partial charge in [0.2, 0.25) is 0 Å². The summed E-state index contributed by atoms with van der Waals surface area (Å²) in [5, 5.41) is 9.03. The van der Waals surface area contributed by atoms with Gasteiger partial charge in [-0.15, -0.1) is 0 Å². The van der Waals surface area contributed by atoms with Gasteiger partial charge >= 0.3 is 5.97 Å². The minimum absolute atomic E-state index is 0.0818. The van der Waals surface area contributed by atoms with Crippen molar-refractivity contribution in [2.24, 2.45) is 0 Å². The molecule has 0 atom stereocenters. The standard InChI is InChI=1S/C26H29NO5/c1-18-20(11-8-12-22(18)19-9-6-5-7-10-19)17-32-21-13-24(30-3)23(25(14-21)31-4)15-27(2)16-26(28)29/h5-14H,15-17H2,1-4H3,(H,28,29). The zero-order chi connectivity index (χ0) is 23.1. The molecule has 168 valence electrons. The molecule has 3 aromatic rings. The molecule has 0 bridgehead atoms. The summed E-state index contributed by atoms with van der Waals surface area (Å²) in [7, 11) is 4.89. The van der Waals surface area contributed by atoms with Gasteiger partial charge in [-0.1, -0.05) is 48.5 Å². The molecular formula is C26H29NO5. The summed E-state index contributed by atoms with van der Waals surface area (Å²) in [5.41, 5.74) is 5.39. The summed E-state index contributed by atoms with van der Waals surface area (Å²) in [6, 6.07) is 20.1. The predicted molar refractivity (Wildman–Crippen MR) is 124 cm³/mol. The lowest BCUT2D eigenvalue weighted by molar-refractivity contribution is -0.138. The van der Waals surface area contributed by atoms with E-state index in [0.29, 0.717) is 30.4 Å². The topological polar surface area (TPSA) is 68.2 Å². The molecule has 6 nitrogen and oxygen atoms in total. The summed E-state index contributed by atoms with van der Waals surface area (Å²) in [6.07, 6.45) is 0. The van der Waals surface area contributed by atoms with Gasteiger partial charge < -0.3 is 19.3 Å². The van der Waals surface area contributed by atoms with E-state index in [1.807, 2.05) is 36.4 Å². The van der Waals surface area contributed by atoms with Crippen LogP contribution in [0.15, 0.2) is 60.7 Å². The third-order valence-electron chi connectivity index (χ3n) is 5.34.